The second-order valence-electron chi connectivity index (χ2n) is 7.42. The summed E-state index contributed by atoms with van der Waals surface area (Å²) in [7, 11) is 0. The molecule has 152 valence electrons. The molecule has 5 rings (SSSR count). The van der Waals surface area contributed by atoms with Gasteiger partial charge in [0.25, 0.3) is 0 Å². The van der Waals surface area contributed by atoms with Gasteiger partial charge in [-0.1, -0.05) is 23.7 Å². The van der Waals surface area contributed by atoms with E-state index in [9.17, 15) is 0 Å². The number of hydrogen-bond acceptors (Lipinski definition) is 7. The van der Waals surface area contributed by atoms with E-state index in [0.717, 1.165) is 24.2 Å². The predicted octanol–water partition coefficient (Wildman–Crippen LogP) is 4.30. The Morgan fingerprint density at radius 1 is 1.23 bits per heavy atom. The maximum atomic E-state index is 6.20. The fourth-order valence-electron chi connectivity index (χ4n) is 3.51. The first-order valence-electron chi connectivity index (χ1n) is 9.76. The lowest BCUT2D eigenvalue weighted by Crippen LogP contribution is -2.08. The highest BCUT2D eigenvalue weighted by atomic mass is 35.5. The van der Waals surface area contributed by atoms with E-state index in [1.807, 2.05) is 42.8 Å². The summed E-state index contributed by atoms with van der Waals surface area (Å²) in [6, 6.07) is 7.90. The second kappa shape index (κ2) is 7.21. The monoisotopic (exact) mass is 421 g/mol. The van der Waals surface area contributed by atoms with Crippen LogP contribution in [0.5, 0.6) is 5.75 Å². The summed E-state index contributed by atoms with van der Waals surface area (Å²) in [6.45, 7) is 3.87. The molecule has 1 aromatic carbocycles. The molecule has 1 fully saturated rings. The predicted molar refractivity (Wildman–Crippen MR) is 114 cm³/mol. The minimum atomic E-state index is -0.384. The van der Waals surface area contributed by atoms with Crippen molar-refractivity contribution >= 4 is 28.3 Å². The Morgan fingerprint density at radius 2 is 2.07 bits per heavy atom. The van der Waals surface area contributed by atoms with Gasteiger partial charge in [0.05, 0.1) is 23.3 Å². The van der Waals surface area contributed by atoms with Crippen LogP contribution in [-0.2, 0) is 0 Å². The van der Waals surface area contributed by atoms with Gasteiger partial charge in [-0.05, 0) is 38.8 Å². The van der Waals surface area contributed by atoms with Crippen molar-refractivity contribution in [2.75, 3.05) is 5.73 Å². The molecule has 0 spiro atoms. The average molecular weight is 422 g/mol. The highest BCUT2D eigenvalue weighted by Gasteiger charge is 2.28. The number of ether oxygens (including phenoxy) is 1. The largest absolute Gasteiger partial charge is 0.480 e. The third-order valence-corrected chi connectivity index (χ3v) is 5.37. The zero-order valence-electron chi connectivity index (χ0n) is 16.6. The van der Waals surface area contributed by atoms with Gasteiger partial charge in [-0.3, -0.25) is 4.98 Å². The topological polar surface area (TPSA) is 105 Å². The Labute approximate surface area is 178 Å². The molecule has 0 unspecified atom stereocenters. The van der Waals surface area contributed by atoms with Crippen molar-refractivity contribution in [1.29, 1.82) is 0 Å². The van der Waals surface area contributed by atoms with Crippen molar-refractivity contribution in [2.45, 2.75) is 38.8 Å². The van der Waals surface area contributed by atoms with E-state index in [0.29, 0.717) is 45.1 Å². The van der Waals surface area contributed by atoms with Gasteiger partial charge in [-0.2, -0.15) is 5.10 Å². The molecule has 9 heteroatoms. The fourth-order valence-corrected chi connectivity index (χ4v) is 3.70. The zero-order chi connectivity index (χ0) is 20.8. The van der Waals surface area contributed by atoms with Crippen LogP contribution in [0.25, 0.3) is 22.2 Å². The Morgan fingerprint density at radius 3 is 2.83 bits per heavy atom. The van der Waals surface area contributed by atoms with Crippen LogP contribution in [0, 0.1) is 6.92 Å². The van der Waals surface area contributed by atoms with E-state index >= 15 is 0 Å². The van der Waals surface area contributed by atoms with Crippen LogP contribution in [0.4, 0.5) is 5.82 Å². The van der Waals surface area contributed by atoms with E-state index < -0.39 is 0 Å². The van der Waals surface area contributed by atoms with Crippen molar-refractivity contribution < 1.29 is 4.74 Å². The lowest BCUT2D eigenvalue weighted by atomic mass is 10.1. The first kappa shape index (κ1) is 18.7. The summed E-state index contributed by atoms with van der Waals surface area (Å²) >= 11 is 6.16. The average Bonchev–Trinajstić information content (AvgIpc) is 3.49. The molecule has 1 aliphatic carbocycles. The molecule has 0 saturated heterocycles. The number of hydrogen-bond donors (Lipinski definition) is 1. The molecular formula is C21H20ClN7O. The molecule has 1 atom stereocenters. The van der Waals surface area contributed by atoms with Crippen molar-refractivity contribution in [1.82, 2.24) is 29.7 Å². The number of anilines is 1. The molecule has 3 heterocycles. The standard InChI is InChI=1S/C21H20ClN7O/c1-11(21-27-12(2)29(28-21)15-6-7-15)30-16-9-24-18(13-4-3-5-14(22)8-13)19-17(16)20(23)26-10-25-19/h3-5,8-11,15H,6-7H2,1-2H3,(H2,23,25,26)/t11-/m1/s1. The summed E-state index contributed by atoms with van der Waals surface area (Å²) in [4.78, 5) is 17.7. The smallest absolute Gasteiger partial charge is 0.191 e. The lowest BCUT2D eigenvalue weighted by molar-refractivity contribution is 0.218. The SMILES string of the molecule is Cc1nc([C@@H](C)Oc2cnc(-c3cccc(Cl)c3)c3ncnc(N)c23)nn1C1CC1. The number of fused-ring (bicyclic) bond motifs is 1. The number of aromatic nitrogens is 6. The summed E-state index contributed by atoms with van der Waals surface area (Å²) in [5.41, 5.74) is 8.30. The number of halogens is 1. The Balaban J connectivity index is 1.55. The molecule has 0 bridgehead atoms. The Kier molecular flexibility index (Phi) is 4.51. The van der Waals surface area contributed by atoms with Crippen LogP contribution in [0.15, 0.2) is 36.8 Å². The molecule has 1 aliphatic rings. The van der Waals surface area contributed by atoms with Crippen LogP contribution in [0.2, 0.25) is 5.02 Å². The van der Waals surface area contributed by atoms with Crippen LogP contribution in [0.1, 0.15) is 43.6 Å². The number of aryl methyl sites for hydroxylation is 1. The Hall–Kier alpha value is -3.26. The van der Waals surface area contributed by atoms with Crippen molar-refractivity contribution in [3.8, 4) is 17.0 Å². The van der Waals surface area contributed by atoms with Gasteiger partial charge < -0.3 is 10.5 Å². The van der Waals surface area contributed by atoms with Crippen LogP contribution in [0.3, 0.4) is 0 Å². The van der Waals surface area contributed by atoms with Crippen molar-refractivity contribution in [2.24, 2.45) is 0 Å². The number of nitrogens with zero attached hydrogens (tertiary/aromatic N) is 6. The molecule has 1 saturated carbocycles. The number of benzene rings is 1. The van der Waals surface area contributed by atoms with Crippen molar-refractivity contribution in [3.63, 3.8) is 0 Å². The molecule has 4 aromatic rings. The summed E-state index contributed by atoms with van der Waals surface area (Å²) in [6.07, 6.45) is 4.96. The second-order valence-corrected chi connectivity index (χ2v) is 7.85. The van der Waals surface area contributed by atoms with Gasteiger partial charge >= 0.3 is 0 Å². The maximum Gasteiger partial charge on any atom is 0.191 e. The summed E-state index contributed by atoms with van der Waals surface area (Å²) in [5.74, 6) is 2.33. The third-order valence-electron chi connectivity index (χ3n) is 5.13. The molecule has 0 aliphatic heterocycles. The highest BCUT2D eigenvalue weighted by Crippen LogP contribution is 2.37. The van der Waals surface area contributed by atoms with Crippen LogP contribution in [-0.4, -0.2) is 29.7 Å². The molecule has 0 amide bonds. The van der Waals surface area contributed by atoms with E-state index in [4.69, 9.17) is 22.1 Å². The quantitative estimate of drug-likeness (QED) is 0.512. The van der Waals surface area contributed by atoms with Crippen LogP contribution >= 0.6 is 11.6 Å². The van der Waals surface area contributed by atoms with Gasteiger partial charge in [0.15, 0.2) is 17.7 Å². The third kappa shape index (κ3) is 3.33. The number of rotatable bonds is 5. The summed E-state index contributed by atoms with van der Waals surface area (Å²) < 4.78 is 8.17. The summed E-state index contributed by atoms with van der Waals surface area (Å²) in [5, 5.41) is 5.85. The van der Waals surface area contributed by atoms with E-state index in [1.165, 1.54) is 6.33 Å². The fraction of sp³-hybridized carbons (Fsp3) is 0.286. The number of nitrogen functional groups attached to an aromatic ring is 1. The number of nitrogens with two attached hydrogens (primary N) is 1. The van der Waals surface area contributed by atoms with E-state index in [-0.39, 0.29) is 6.10 Å². The normalized spacial score (nSPS) is 14.8. The maximum absolute atomic E-state index is 6.20. The number of pyridine rings is 1. The molecule has 8 nitrogen and oxygen atoms in total. The van der Waals surface area contributed by atoms with Gasteiger partial charge in [-0.25, -0.2) is 19.6 Å². The molecule has 2 N–H and O–H groups in total. The molecular weight excluding hydrogens is 402 g/mol. The van der Waals surface area contributed by atoms with Gasteiger partial charge in [0, 0.05) is 10.6 Å². The van der Waals surface area contributed by atoms with Gasteiger partial charge in [0.1, 0.15) is 23.5 Å². The van der Waals surface area contributed by atoms with Gasteiger partial charge in [0.2, 0.25) is 0 Å². The molecule has 3 aromatic heterocycles. The molecule has 0 radical (unpaired) electrons. The first-order valence-corrected chi connectivity index (χ1v) is 10.1. The van der Waals surface area contributed by atoms with Crippen molar-refractivity contribution in [3.05, 3.63) is 53.5 Å². The lowest BCUT2D eigenvalue weighted by Gasteiger charge is -2.15. The van der Waals surface area contributed by atoms with Crippen LogP contribution < -0.4 is 10.5 Å². The highest BCUT2D eigenvalue weighted by molar-refractivity contribution is 6.30. The first-order chi connectivity index (χ1) is 14.5. The van der Waals surface area contributed by atoms with Gasteiger partial charge in [-0.15, -0.1) is 0 Å². The minimum absolute atomic E-state index is 0.320. The molecule has 30 heavy (non-hydrogen) atoms. The minimum Gasteiger partial charge on any atom is -0.480 e. The zero-order valence-corrected chi connectivity index (χ0v) is 17.3. The van der Waals surface area contributed by atoms with E-state index in [2.05, 4.69) is 25.0 Å². The Bertz CT molecular complexity index is 1250. The van der Waals surface area contributed by atoms with E-state index in [1.54, 1.807) is 6.20 Å².